The molecule has 0 aliphatic heterocycles. The standard InChI is InChI=1S/C24H19BrClN3O4/c1-3-13(2)22-28-20-8-5-15(25)11-18(20)23(30)29(22)27-12-16-6-9-21(33-16)14-4-7-19(26)17(10-14)24(31)32/h4-13H,3H2,1-2H3,(H,31,32)/t13-/m1/s1. The van der Waals surface area contributed by atoms with Crippen LogP contribution in [-0.2, 0) is 0 Å². The molecule has 0 saturated carbocycles. The van der Waals surface area contributed by atoms with Gasteiger partial charge in [0.05, 0.1) is 27.7 Å². The van der Waals surface area contributed by atoms with Crippen LogP contribution in [0.1, 0.15) is 48.1 Å². The highest BCUT2D eigenvalue weighted by Crippen LogP contribution is 2.27. The summed E-state index contributed by atoms with van der Waals surface area (Å²) in [4.78, 5) is 29.2. The van der Waals surface area contributed by atoms with E-state index in [0.29, 0.717) is 33.8 Å². The molecule has 2 heterocycles. The molecule has 0 amide bonds. The largest absolute Gasteiger partial charge is 0.478 e. The fourth-order valence-electron chi connectivity index (χ4n) is 3.31. The zero-order valence-electron chi connectivity index (χ0n) is 17.8. The molecule has 0 unspecified atom stereocenters. The molecule has 0 spiro atoms. The number of furan rings is 1. The van der Waals surface area contributed by atoms with Gasteiger partial charge in [-0.3, -0.25) is 4.79 Å². The highest BCUT2D eigenvalue weighted by atomic mass is 79.9. The molecule has 0 aliphatic carbocycles. The van der Waals surface area contributed by atoms with Gasteiger partial charge < -0.3 is 9.52 Å². The van der Waals surface area contributed by atoms with E-state index in [1.807, 2.05) is 19.9 Å². The average molecular weight is 529 g/mol. The van der Waals surface area contributed by atoms with Crippen LogP contribution in [0.3, 0.4) is 0 Å². The Kier molecular flexibility index (Phi) is 6.49. The van der Waals surface area contributed by atoms with E-state index in [1.54, 1.807) is 30.3 Å². The zero-order chi connectivity index (χ0) is 23.7. The van der Waals surface area contributed by atoms with Crippen LogP contribution >= 0.6 is 27.5 Å². The lowest BCUT2D eigenvalue weighted by molar-refractivity contribution is 0.0697. The maximum Gasteiger partial charge on any atom is 0.337 e. The van der Waals surface area contributed by atoms with Crippen molar-refractivity contribution < 1.29 is 14.3 Å². The minimum absolute atomic E-state index is 0.0126. The predicted octanol–water partition coefficient (Wildman–Crippen LogP) is 6.17. The number of rotatable bonds is 6. The fraction of sp³-hybridized carbons (Fsp3) is 0.167. The molecule has 2 aromatic carbocycles. The number of benzene rings is 2. The van der Waals surface area contributed by atoms with E-state index >= 15 is 0 Å². The summed E-state index contributed by atoms with van der Waals surface area (Å²) in [6.07, 6.45) is 2.23. The number of carboxylic acid groups (broad SMARTS) is 1. The molecular formula is C24H19BrClN3O4. The third kappa shape index (κ3) is 4.62. The molecule has 168 valence electrons. The average Bonchev–Trinajstić information content (AvgIpc) is 3.27. The second-order valence-corrected chi connectivity index (χ2v) is 8.83. The molecule has 0 fully saturated rings. The number of fused-ring (bicyclic) bond motifs is 1. The van der Waals surface area contributed by atoms with Crippen molar-refractivity contribution >= 4 is 50.6 Å². The number of carboxylic acids is 1. The summed E-state index contributed by atoms with van der Waals surface area (Å²) in [6, 6.07) is 13.4. The second-order valence-electron chi connectivity index (χ2n) is 7.50. The molecule has 0 bridgehead atoms. The van der Waals surface area contributed by atoms with E-state index in [4.69, 9.17) is 16.0 Å². The van der Waals surface area contributed by atoms with Gasteiger partial charge in [0.1, 0.15) is 17.3 Å². The first kappa shape index (κ1) is 22.9. The summed E-state index contributed by atoms with van der Waals surface area (Å²) < 4.78 is 7.89. The molecule has 2 aromatic heterocycles. The fourth-order valence-corrected chi connectivity index (χ4v) is 3.87. The summed E-state index contributed by atoms with van der Waals surface area (Å²) >= 11 is 9.34. The monoisotopic (exact) mass is 527 g/mol. The van der Waals surface area contributed by atoms with Gasteiger partial charge in [-0.25, -0.2) is 9.78 Å². The van der Waals surface area contributed by atoms with Crippen molar-refractivity contribution in [1.82, 2.24) is 9.66 Å². The van der Waals surface area contributed by atoms with Crippen LogP contribution in [0, 0.1) is 0 Å². The summed E-state index contributed by atoms with van der Waals surface area (Å²) in [7, 11) is 0. The van der Waals surface area contributed by atoms with E-state index < -0.39 is 5.97 Å². The van der Waals surface area contributed by atoms with Crippen LogP contribution in [0.25, 0.3) is 22.2 Å². The van der Waals surface area contributed by atoms with Gasteiger partial charge in [-0.15, -0.1) is 0 Å². The molecule has 1 atom stereocenters. The van der Waals surface area contributed by atoms with Gasteiger partial charge in [-0.1, -0.05) is 41.4 Å². The quantitative estimate of drug-likeness (QED) is 0.302. The summed E-state index contributed by atoms with van der Waals surface area (Å²) in [6.45, 7) is 4.01. The van der Waals surface area contributed by atoms with Crippen molar-refractivity contribution in [2.45, 2.75) is 26.2 Å². The molecule has 7 nitrogen and oxygen atoms in total. The van der Waals surface area contributed by atoms with Crippen LogP contribution in [-0.4, -0.2) is 27.0 Å². The number of carbonyl (C=O) groups is 1. The second kappa shape index (κ2) is 9.33. The Labute approximate surface area is 202 Å². The van der Waals surface area contributed by atoms with Crippen molar-refractivity contribution in [3.8, 4) is 11.3 Å². The predicted molar refractivity (Wildman–Crippen MR) is 132 cm³/mol. The Morgan fingerprint density at radius 3 is 2.79 bits per heavy atom. The van der Waals surface area contributed by atoms with Crippen molar-refractivity contribution in [3.63, 3.8) is 0 Å². The van der Waals surface area contributed by atoms with E-state index in [9.17, 15) is 14.7 Å². The number of aromatic nitrogens is 2. The molecular weight excluding hydrogens is 510 g/mol. The SMILES string of the molecule is CC[C@@H](C)c1nc2ccc(Br)cc2c(=O)n1N=Cc1ccc(-c2ccc(Cl)c(C(=O)O)c2)o1. The van der Waals surface area contributed by atoms with Crippen molar-refractivity contribution in [3.05, 3.63) is 85.5 Å². The third-order valence-electron chi connectivity index (χ3n) is 5.30. The zero-order valence-corrected chi connectivity index (χ0v) is 20.1. The highest BCUT2D eigenvalue weighted by Gasteiger charge is 2.16. The molecule has 4 rings (SSSR count). The Balaban J connectivity index is 1.74. The van der Waals surface area contributed by atoms with Crippen molar-refractivity contribution in [1.29, 1.82) is 0 Å². The Hall–Kier alpha value is -3.23. The maximum absolute atomic E-state index is 13.2. The summed E-state index contributed by atoms with van der Waals surface area (Å²) in [5, 5.41) is 14.3. The Morgan fingerprint density at radius 2 is 2.06 bits per heavy atom. The van der Waals surface area contributed by atoms with Crippen LogP contribution in [0.4, 0.5) is 0 Å². The van der Waals surface area contributed by atoms with Gasteiger partial charge in [-0.2, -0.15) is 9.78 Å². The first-order valence-corrected chi connectivity index (χ1v) is 11.3. The normalized spacial score (nSPS) is 12.5. The van der Waals surface area contributed by atoms with E-state index in [0.717, 1.165) is 10.9 Å². The lowest BCUT2D eigenvalue weighted by atomic mass is 10.1. The Morgan fingerprint density at radius 1 is 1.27 bits per heavy atom. The van der Waals surface area contributed by atoms with Crippen LogP contribution in [0.2, 0.25) is 5.02 Å². The van der Waals surface area contributed by atoms with Crippen molar-refractivity contribution in [2.24, 2.45) is 5.10 Å². The lowest BCUT2D eigenvalue weighted by Crippen LogP contribution is -2.23. The summed E-state index contributed by atoms with van der Waals surface area (Å²) in [5.74, 6) is 0.296. The molecule has 33 heavy (non-hydrogen) atoms. The van der Waals surface area contributed by atoms with E-state index in [2.05, 4.69) is 26.0 Å². The van der Waals surface area contributed by atoms with Crippen LogP contribution in [0.15, 0.2) is 67.3 Å². The Bertz CT molecular complexity index is 1460. The van der Waals surface area contributed by atoms with Gasteiger partial charge in [-0.05, 0) is 55.0 Å². The number of aromatic carboxylic acids is 1. The van der Waals surface area contributed by atoms with Crippen LogP contribution in [0.5, 0.6) is 0 Å². The smallest absolute Gasteiger partial charge is 0.337 e. The third-order valence-corrected chi connectivity index (χ3v) is 6.12. The minimum atomic E-state index is -1.12. The first-order chi connectivity index (χ1) is 15.8. The highest BCUT2D eigenvalue weighted by molar-refractivity contribution is 9.10. The van der Waals surface area contributed by atoms with Gasteiger partial charge >= 0.3 is 5.97 Å². The maximum atomic E-state index is 13.2. The van der Waals surface area contributed by atoms with Crippen LogP contribution < -0.4 is 5.56 Å². The molecule has 0 radical (unpaired) electrons. The topological polar surface area (TPSA) is 97.7 Å². The lowest BCUT2D eigenvalue weighted by Gasteiger charge is -2.13. The van der Waals surface area contributed by atoms with Gasteiger partial charge in [0, 0.05) is 16.0 Å². The molecule has 9 heteroatoms. The molecule has 0 aliphatic rings. The summed E-state index contributed by atoms with van der Waals surface area (Å²) in [5.41, 5.74) is 0.885. The number of halogens is 2. The van der Waals surface area contributed by atoms with Crippen molar-refractivity contribution in [2.75, 3.05) is 0 Å². The van der Waals surface area contributed by atoms with Gasteiger partial charge in [0.25, 0.3) is 5.56 Å². The molecule has 1 N–H and O–H groups in total. The minimum Gasteiger partial charge on any atom is -0.478 e. The number of hydrogen-bond donors (Lipinski definition) is 1. The number of hydrogen-bond acceptors (Lipinski definition) is 5. The van der Waals surface area contributed by atoms with E-state index in [1.165, 1.54) is 23.0 Å². The van der Waals surface area contributed by atoms with Gasteiger partial charge in [0.15, 0.2) is 0 Å². The van der Waals surface area contributed by atoms with Gasteiger partial charge in [0.2, 0.25) is 0 Å². The first-order valence-electron chi connectivity index (χ1n) is 10.2. The molecule has 0 saturated heterocycles. The number of nitrogens with zero attached hydrogens (tertiary/aromatic N) is 3. The van der Waals surface area contributed by atoms with E-state index in [-0.39, 0.29) is 22.1 Å². The molecule has 4 aromatic rings.